The van der Waals surface area contributed by atoms with E-state index >= 15 is 0 Å². The summed E-state index contributed by atoms with van der Waals surface area (Å²) < 4.78 is 31.2. The Morgan fingerprint density at radius 2 is 1.81 bits per heavy atom. The lowest BCUT2D eigenvalue weighted by Gasteiger charge is -2.29. The third-order valence-electron chi connectivity index (χ3n) is 5.52. The zero-order valence-electron chi connectivity index (χ0n) is 18.4. The quantitative estimate of drug-likeness (QED) is 0.675. The van der Waals surface area contributed by atoms with Crippen LogP contribution in [0.3, 0.4) is 0 Å². The van der Waals surface area contributed by atoms with Gasteiger partial charge in [0.1, 0.15) is 11.8 Å². The molecule has 1 atom stereocenters. The Labute approximate surface area is 185 Å². The van der Waals surface area contributed by atoms with Crippen molar-refractivity contribution in [3.05, 3.63) is 54.1 Å². The van der Waals surface area contributed by atoms with Gasteiger partial charge in [0.2, 0.25) is 15.9 Å². The number of hydrogen-bond donors (Lipinski definition) is 1. The number of sulfonamides is 1. The molecule has 1 aliphatic heterocycles. The monoisotopic (exact) mass is 445 g/mol. The van der Waals surface area contributed by atoms with Gasteiger partial charge in [-0.25, -0.2) is 8.42 Å². The van der Waals surface area contributed by atoms with Crippen molar-refractivity contribution in [2.75, 3.05) is 35.7 Å². The van der Waals surface area contributed by atoms with E-state index in [0.29, 0.717) is 18.0 Å². The minimum Gasteiger partial charge on any atom is -0.497 e. The molecule has 0 saturated carbocycles. The Hall–Kier alpha value is -2.74. The second-order valence-electron chi connectivity index (χ2n) is 7.87. The first-order chi connectivity index (χ1) is 14.8. The summed E-state index contributed by atoms with van der Waals surface area (Å²) in [6, 6.07) is 13.9. The molecule has 0 aromatic heterocycles. The number of benzene rings is 2. The van der Waals surface area contributed by atoms with Crippen molar-refractivity contribution in [2.24, 2.45) is 0 Å². The maximum absolute atomic E-state index is 12.8. The first-order valence-corrected chi connectivity index (χ1v) is 12.4. The van der Waals surface area contributed by atoms with Crippen LogP contribution in [0.2, 0.25) is 0 Å². The zero-order valence-corrected chi connectivity index (χ0v) is 19.2. The van der Waals surface area contributed by atoms with Crippen LogP contribution in [0.4, 0.5) is 11.4 Å². The van der Waals surface area contributed by atoms with E-state index in [9.17, 15) is 13.2 Å². The summed E-state index contributed by atoms with van der Waals surface area (Å²) in [5.74, 6) is 0.154. The number of ether oxygens (including phenoxy) is 1. The van der Waals surface area contributed by atoms with Gasteiger partial charge in [-0.15, -0.1) is 0 Å². The molecule has 8 heteroatoms. The molecule has 1 aliphatic rings. The normalized spacial score (nSPS) is 15.3. The van der Waals surface area contributed by atoms with Gasteiger partial charge in [-0.1, -0.05) is 18.2 Å². The smallest absolute Gasteiger partial charge is 0.243 e. The molecule has 1 heterocycles. The van der Waals surface area contributed by atoms with Gasteiger partial charge in [-0.3, -0.25) is 9.10 Å². The lowest BCUT2D eigenvalue weighted by Crippen LogP contribution is -2.47. The summed E-state index contributed by atoms with van der Waals surface area (Å²) in [5, 5.41) is 2.86. The fourth-order valence-corrected chi connectivity index (χ4v) is 5.04. The van der Waals surface area contributed by atoms with Gasteiger partial charge in [-0.2, -0.15) is 0 Å². The molecular formula is C23H31N3O4S. The molecule has 2 aromatic rings. The summed E-state index contributed by atoms with van der Waals surface area (Å²) in [5.41, 5.74) is 2.55. The predicted molar refractivity (Wildman–Crippen MR) is 124 cm³/mol. The van der Waals surface area contributed by atoms with E-state index < -0.39 is 16.1 Å². The minimum atomic E-state index is -3.68. The summed E-state index contributed by atoms with van der Waals surface area (Å²) >= 11 is 0. The molecule has 0 unspecified atom stereocenters. The Morgan fingerprint density at radius 3 is 2.42 bits per heavy atom. The molecule has 168 valence electrons. The molecular weight excluding hydrogens is 414 g/mol. The van der Waals surface area contributed by atoms with Crippen molar-refractivity contribution in [2.45, 2.75) is 38.8 Å². The number of nitrogens with zero attached hydrogens (tertiary/aromatic N) is 2. The van der Waals surface area contributed by atoms with E-state index in [4.69, 9.17) is 4.74 Å². The van der Waals surface area contributed by atoms with Crippen LogP contribution < -0.4 is 19.3 Å². The second kappa shape index (κ2) is 10.0. The fourth-order valence-electron chi connectivity index (χ4n) is 3.87. The molecule has 1 amide bonds. The average molecular weight is 446 g/mol. The van der Waals surface area contributed by atoms with Crippen LogP contribution >= 0.6 is 0 Å². The molecule has 2 aromatic carbocycles. The summed E-state index contributed by atoms with van der Waals surface area (Å²) in [6.45, 7) is 4.08. The largest absolute Gasteiger partial charge is 0.497 e. The Bertz CT molecular complexity index is 986. The lowest BCUT2D eigenvalue weighted by molar-refractivity contribution is -0.122. The average Bonchev–Trinajstić information content (AvgIpc) is 2.77. The summed E-state index contributed by atoms with van der Waals surface area (Å²) in [7, 11) is -2.17. The fraction of sp³-hybridized carbons (Fsp3) is 0.435. The molecule has 31 heavy (non-hydrogen) atoms. The van der Waals surface area contributed by atoms with E-state index in [0.717, 1.165) is 29.2 Å². The highest BCUT2D eigenvalue weighted by atomic mass is 32.2. The molecule has 0 bridgehead atoms. The molecule has 7 nitrogen and oxygen atoms in total. The van der Waals surface area contributed by atoms with Gasteiger partial charge in [0.15, 0.2) is 0 Å². The van der Waals surface area contributed by atoms with Gasteiger partial charge < -0.3 is 15.0 Å². The maximum atomic E-state index is 12.8. The Kier molecular flexibility index (Phi) is 7.43. The lowest BCUT2D eigenvalue weighted by atomic mass is 10.1. The molecule has 3 rings (SSSR count). The number of carbonyl (C=O) groups excluding carboxylic acids is 1. The van der Waals surface area contributed by atoms with Crippen molar-refractivity contribution >= 4 is 27.3 Å². The number of carbonyl (C=O) groups is 1. The van der Waals surface area contributed by atoms with E-state index in [1.807, 2.05) is 12.1 Å². The standard InChI is InChI=1S/C23H31N3O4S/c1-18(26(31(3,28)29)21-8-7-9-22(16-21)30-2)23(27)24-17-19-10-12-20(13-11-19)25-14-5-4-6-15-25/h7-13,16,18H,4-6,14-15,17H2,1-3H3,(H,24,27)/t18-/m1/s1. The van der Waals surface area contributed by atoms with E-state index in [2.05, 4.69) is 22.3 Å². The Balaban J connectivity index is 1.66. The van der Waals surface area contributed by atoms with Crippen LogP contribution in [-0.2, 0) is 21.4 Å². The summed E-state index contributed by atoms with van der Waals surface area (Å²) in [4.78, 5) is 15.2. The third-order valence-corrected chi connectivity index (χ3v) is 6.76. The summed E-state index contributed by atoms with van der Waals surface area (Å²) in [6.07, 6.45) is 4.83. The Morgan fingerprint density at radius 1 is 1.13 bits per heavy atom. The topological polar surface area (TPSA) is 79.0 Å². The second-order valence-corrected chi connectivity index (χ2v) is 9.73. The number of methoxy groups -OCH3 is 1. The molecule has 0 aliphatic carbocycles. The highest BCUT2D eigenvalue weighted by Gasteiger charge is 2.29. The number of nitrogens with one attached hydrogen (secondary N) is 1. The van der Waals surface area contributed by atoms with Crippen molar-refractivity contribution in [3.8, 4) is 5.75 Å². The zero-order chi connectivity index (χ0) is 22.4. The van der Waals surface area contributed by atoms with Crippen LogP contribution in [0.15, 0.2) is 48.5 Å². The van der Waals surface area contributed by atoms with Crippen LogP contribution in [-0.4, -0.2) is 46.8 Å². The number of piperidine rings is 1. The van der Waals surface area contributed by atoms with Gasteiger partial charge in [-0.05, 0) is 56.0 Å². The van der Waals surface area contributed by atoms with Crippen LogP contribution in [0.1, 0.15) is 31.7 Å². The third kappa shape index (κ3) is 5.91. The molecule has 1 N–H and O–H groups in total. The highest BCUT2D eigenvalue weighted by molar-refractivity contribution is 7.92. The van der Waals surface area contributed by atoms with E-state index in [1.165, 1.54) is 32.1 Å². The van der Waals surface area contributed by atoms with Gasteiger partial charge in [0.05, 0.1) is 19.1 Å². The molecule has 0 radical (unpaired) electrons. The van der Waals surface area contributed by atoms with Gasteiger partial charge in [0.25, 0.3) is 0 Å². The van der Waals surface area contributed by atoms with Crippen LogP contribution in [0, 0.1) is 0 Å². The molecule has 1 fully saturated rings. The molecule has 0 spiro atoms. The van der Waals surface area contributed by atoms with Gasteiger partial charge >= 0.3 is 0 Å². The number of hydrogen-bond acceptors (Lipinski definition) is 5. The minimum absolute atomic E-state index is 0.333. The van der Waals surface area contributed by atoms with Crippen LogP contribution in [0.25, 0.3) is 0 Å². The van der Waals surface area contributed by atoms with Crippen molar-refractivity contribution in [1.29, 1.82) is 0 Å². The van der Waals surface area contributed by atoms with E-state index in [1.54, 1.807) is 31.2 Å². The van der Waals surface area contributed by atoms with Crippen molar-refractivity contribution < 1.29 is 17.9 Å². The molecule has 1 saturated heterocycles. The predicted octanol–water partition coefficient (Wildman–Crippen LogP) is 3.16. The highest BCUT2D eigenvalue weighted by Crippen LogP contribution is 2.25. The number of amides is 1. The SMILES string of the molecule is COc1cccc(N([C@H](C)C(=O)NCc2ccc(N3CCCCC3)cc2)S(C)(=O)=O)c1. The van der Waals surface area contributed by atoms with Gasteiger partial charge in [0, 0.05) is 31.4 Å². The number of rotatable bonds is 8. The first-order valence-electron chi connectivity index (χ1n) is 10.5. The number of anilines is 2. The first kappa shape index (κ1) is 22.9. The van der Waals surface area contributed by atoms with E-state index in [-0.39, 0.29) is 5.91 Å². The van der Waals surface area contributed by atoms with Crippen molar-refractivity contribution in [1.82, 2.24) is 5.32 Å². The van der Waals surface area contributed by atoms with Crippen LogP contribution in [0.5, 0.6) is 5.75 Å². The van der Waals surface area contributed by atoms with Crippen molar-refractivity contribution in [3.63, 3.8) is 0 Å². The maximum Gasteiger partial charge on any atom is 0.243 e.